The quantitative estimate of drug-likeness (QED) is 0.891. The average molecular weight is 296 g/mol. The molecule has 0 radical (unpaired) electrons. The van der Waals surface area contributed by atoms with Gasteiger partial charge in [0, 0.05) is 6.04 Å². The zero-order valence-corrected chi connectivity index (χ0v) is 13.5. The first-order valence-corrected chi connectivity index (χ1v) is 7.64. The molecule has 0 saturated carbocycles. The van der Waals surface area contributed by atoms with Crippen LogP contribution in [0.25, 0.3) is 0 Å². The molecule has 0 aliphatic rings. The molecule has 0 aliphatic carbocycles. The third-order valence-corrected chi connectivity index (χ3v) is 3.65. The fourth-order valence-electron chi connectivity index (χ4n) is 2.74. The van der Waals surface area contributed by atoms with E-state index in [1.165, 1.54) is 16.7 Å². The fraction of sp³-hybridized carbons (Fsp3) is 0.316. The third kappa shape index (κ3) is 4.43. The topological polar surface area (TPSA) is 55.1 Å². The maximum Gasteiger partial charge on any atom is 0.241 e. The molecule has 0 bridgehead atoms. The van der Waals surface area contributed by atoms with Gasteiger partial charge in [0.2, 0.25) is 5.91 Å². The van der Waals surface area contributed by atoms with Gasteiger partial charge in [-0.2, -0.15) is 0 Å². The normalized spacial score (nSPS) is 13.5. The van der Waals surface area contributed by atoms with Crippen LogP contribution in [0.1, 0.15) is 35.2 Å². The molecule has 116 valence electrons. The molecule has 2 aromatic rings. The smallest absolute Gasteiger partial charge is 0.241 e. The maximum absolute atomic E-state index is 12.2. The van der Waals surface area contributed by atoms with Crippen LogP contribution < -0.4 is 11.1 Å². The van der Waals surface area contributed by atoms with Gasteiger partial charge in [0.1, 0.15) is 6.04 Å². The lowest BCUT2D eigenvalue weighted by Crippen LogP contribution is -2.40. The molecule has 3 N–H and O–H groups in total. The first-order valence-electron chi connectivity index (χ1n) is 7.64. The van der Waals surface area contributed by atoms with Gasteiger partial charge < -0.3 is 11.1 Å². The van der Waals surface area contributed by atoms with E-state index < -0.39 is 6.04 Å². The first kappa shape index (κ1) is 16.2. The van der Waals surface area contributed by atoms with E-state index in [2.05, 4.69) is 37.4 Å². The summed E-state index contributed by atoms with van der Waals surface area (Å²) in [6.07, 6.45) is 0.801. The minimum absolute atomic E-state index is 0.0449. The summed E-state index contributed by atoms with van der Waals surface area (Å²) in [5.74, 6) is -0.136. The molecular weight excluding hydrogens is 272 g/mol. The number of carbonyl (C=O) groups excluding carboxylic acids is 1. The first-order chi connectivity index (χ1) is 10.5. The third-order valence-electron chi connectivity index (χ3n) is 3.65. The van der Waals surface area contributed by atoms with Crippen molar-refractivity contribution in [1.82, 2.24) is 5.32 Å². The van der Waals surface area contributed by atoms with E-state index in [9.17, 15) is 4.79 Å². The van der Waals surface area contributed by atoms with Crippen LogP contribution in [0.15, 0.2) is 48.5 Å². The van der Waals surface area contributed by atoms with E-state index in [1.54, 1.807) is 0 Å². The minimum Gasteiger partial charge on any atom is -0.352 e. The highest BCUT2D eigenvalue weighted by Gasteiger charge is 2.17. The lowest BCUT2D eigenvalue weighted by atomic mass is 10.0. The Morgan fingerprint density at radius 1 is 1.09 bits per heavy atom. The summed E-state index contributed by atoms with van der Waals surface area (Å²) in [6.45, 7) is 6.18. The highest BCUT2D eigenvalue weighted by atomic mass is 16.2. The Balaban J connectivity index is 1.96. The zero-order valence-electron chi connectivity index (χ0n) is 13.5. The van der Waals surface area contributed by atoms with Crippen LogP contribution in [-0.4, -0.2) is 11.9 Å². The van der Waals surface area contributed by atoms with Crippen LogP contribution in [0.5, 0.6) is 0 Å². The lowest BCUT2D eigenvalue weighted by molar-refractivity contribution is -0.123. The van der Waals surface area contributed by atoms with Crippen molar-refractivity contribution in [1.29, 1.82) is 0 Å². The van der Waals surface area contributed by atoms with Crippen molar-refractivity contribution in [3.05, 3.63) is 70.8 Å². The van der Waals surface area contributed by atoms with Gasteiger partial charge in [0.25, 0.3) is 0 Å². The summed E-state index contributed by atoms with van der Waals surface area (Å²) < 4.78 is 0. The summed E-state index contributed by atoms with van der Waals surface area (Å²) in [7, 11) is 0. The van der Waals surface area contributed by atoms with Crippen LogP contribution >= 0.6 is 0 Å². The van der Waals surface area contributed by atoms with Crippen molar-refractivity contribution in [2.75, 3.05) is 0 Å². The molecule has 1 amide bonds. The minimum atomic E-state index is -0.622. The Kier molecular flexibility index (Phi) is 5.34. The summed E-state index contributed by atoms with van der Waals surface area (Å²) in [4.78, 5) is 12.2. The van der Waals surface area contributed by atoms with Crippen LogP contribution in [-0.2, 0) is 11.2 Å². The Bertz CT molecular complexity index is 617. The van der Waals surface area contributed by atoms with Gasteiger partial charge in [-0.1, -0.05) is 59.7 Å². The fourth-order valence-corrected chi connectivity index (χ4v) is 2.74. The number of rotatable bonds is 5. The van der Waals surface area contributed by atoms with E-state index in [0.29, 0.717) is 0 Å². The monoisotopic (exact) mass is 296 g/mol. The number of nitrogens with one attached hydrogen (secondary N) is 1. The molecule has 0 aliphatic heterocycles. The number of hydrogen-bond donors (Lipinski definition) is 2. The Morgan fingerprint density at radius 3 is 2.27 bits per heavy atom. The number of benzene rings is 2. The zero-order chi connectivity index (χ0) is 16.1. The van der Waals surface area contributed by atoms with E-state index in [1.807, 2.05) is 37.3 Å². The second-order valence-corrected chi connectivity index (χ2v) is 6.00. The standard InChI is InChI=1S/C19H24N2O/c1-13-9-14(2)11-16(10-13)12-15(3)21-19(22)18(20)17-7-5-4-6-8-17/h4-11,15,18H,12,20H2,1-3H3,(H,21,22). The molecule has 3 heteroatoms. The van der Waals surface area contributed by atoms with Crippen molar-refractivity contribution in [3.63, 3.8) is 0 Å². The number of carbonyl (C=O) groups is 1. The molecule has 2 atom stereocenters. The molecule has 2 rings (SSSR count). The second-order valence-electron chi connectivity index (χ2n) is 6.00. The van der Waals surface area contributed by atoms with Gasteiger partial charge in [0.15, 0.2) is 0 Å². The van der Waals surface area contributed by atoms with Crippen LogP contribution in [0.4, 0.5) is 0 Å². The molecule has 0 fully saturated rings. The predicted molar refractivity (Wildman–Crippen MR) is 90.6 cm³/mol. The molecule has 2 unspecified atom stereocenters. The van der Waals surface area contributed by atoms with Gasteiger partial charge in [-0.25, -0.2) is 0 Å². The Labute approximate surface area is 132 Å². The van der Waals surface area contributed by atoms with Gasteiger partial charge in [0.05, 0.1) is 0 Å². The Morgan fingerprint density at radius 2 is 1.68 bits per heavy atom. The molecule has 3 nitrogen and oxygen atoms in total. The summed E-state index contributed by atoms with van der Waals surface area (Å²) >= 11 is 0. The van der Waals surface area contributed by atoms with Crippen molar-refractivity contribution in [3.8, 4) is 0 Å². The maximum atomic E-state index is 12.2. The van der Waals surface area contributed by atoms with E-state index >= 15 is 0 Å². The largest absolute Gasteiger partial charge is 0.352 e. The van der Waals surface area contributed by atoms with Gasteiger partial charge in [-0.05, 0) is 38.3 Å². The SMILES string of the molecule is Cc1cc(C)cc(CC(C)NC(=O)C(N)c2ccccc2)c1. The number of aryl methyl sites for hydroxylation is 2. The molecule has 2 aromatic carbocycles. The molecule has 0 aromatic heterocycles. The Hall–Kier alpha value is -2.13. The second kappa shape index (κ2) is 7.23. The van der Waals surface area contributed by atoms with Crippen molar-refractivity contribution in [2.45, 2.75) is 39.3 Å². The number of amides is 1. The predicted octanol–water partition coefficient (Wildman–Crippen LogP) is 3.05. The molecule has 0 heterocycles. The summed E-state index contributed by atoms with van der Waals surface area (Å²) in [5, 5.41) is 3.00. The molecular formula is C19H24N2O. The van der Waals surface area contributed by atoms with E-state index in [0.717, 1.165) is 12.0 Å². The van der Waals surface area contributed by atoms with Gasteiger partial charge in [-0.3, -0.25) is 4.79 Å². The summed E-state index contributed by atoms with van der Waals surface area (Å²) in [6, 6.07) is 15.3. The van der Waals surface area contributed by atoms with E-state index in [4.69, 9.17) is 5.73 Å². The van der Waals surface area contributed by atoms with Gasteiger partial charge in [-0.15, -0.1) is 0 Å². The van der Waals surface area contributed by atoms with Crippen molar-refractivity contribution in [2.24, 2.45) is 5.73 Å². The highest BCUT2D eigenvalue weighted by Crippen LogP contribution is 2.13. The molecule has 22 heavy (non-hydrogen) atoms. The van der Waals surface area contributed by atoms with Crippen LogP contribution in [0.3, 0.4) is 0 Å². The summed E-state index contributed by atoms with van der Waals surface area (Å²) in [5.41, 5.74) is 10.6. The van der Waals surface area contributed by atoms with Gasteiger partial charge >= 0.3 is 0 Å². The van der Waals surface area contributed by atoms with Crippen LogP contribution in [0, 0.1) is 13.8 Å². The highest BCUT2D eigenvalue weighted by molar-refractivity contribution is 5.83. The molecule has 0 saturated heterocycles. The molecule has 0 spiro atoms. The van der Waals surface area contributed by atoms with E-state index in [-0.39, 0.29) is 11.9 Å². The lowest BCUT2D eigenvalue weighted by Gasteiger charge is -2.18. The average Bonchev–Trinajstić information content (AvgIpc) is 2.46. The van der Waals surface area contributed by atoms with Crippen molar-refractivity contribution >= 4 is 5.91 Å². The van der Waals surface area contributed by atoms with Crippen molar-refractivity contribution < 1.29 is 4.79 Å². The number of nitrogens with two attached hydrogens (primary N) is 1. The van der Waals surface area contributed by atoms with Crippen LogP contribution in [0.2, 0.25) is 0 Å². The number of hydrogen-bond acceptors (Lipinski definition) is 2.